The molecule has 1 rings (SSSR count). The number of aryl methyl sites for hydroxylation is 1. The highest BCUT2D eigenvalue weighted by Crippen LogP contribution is 2.00. The smallest absolute Gasteiger partial charge is 0.135 e. The van der Waals surface area contributed by atoms with Crippen molar-refractivity contribution in [2.45, 2.75) is 6.92 Å². The third-order valence-corrected chi connectivity index (χ3v) is 1.52. The average molecular weight is 213 g/mol. The zero-order valence-electron chi connectivity index (χ0n) is 8.01. The van der Waals surface area contributed by atoms with E-state index in [9.17, 15) is 0 Å². The molecule has 0 spiro atoms. The first-order valence-electron chi connectivity index (χ1n) is 4.01. The first-order chi connectivity index (χ1) is 6.34. The van der Waals surface area contributed by atoms with E-state index in [0.29, 0.717) is 6.61 Å². The number of nitrogens with zero attached hydrogens (tertiary/aromatic N) is 2. The summed E-state index contributed by atoms with van der Waals surface area (Å²) in [5.41, 5.74) is 2.09. The number of rotatable bonds is 4. The molecule has 0 aliphatic rings. The third kappa shape index (κ3) is 4.05. The van der Waals surface area contributed by atoms with E-state index in [1.54, 1.807) is 24.7 Å². The van der Waals surface area contributed by atoms with Crippen LogP contribution in [0.3, 0.4) is 0 Å². The van der Waals surface area contributed by atoms with Crippen LogP contribution in [0.4, 0.5) is 0 Å². The fraction of sp³-hybridized carbons (Fsp3) is 0.200. The monoisotopic (exact) mass is 212 g/mol. The van der Waals surface area contributed by atoms with Crippen LogP contribution in [0.5, 0.6) is 0 Å². The second-order valence-electron chi connectivity index (χ2n) is 2.55. The van der Waals surface area contributed by atoms with Gasteiger partial charge in [-0.15, -0.1) is 12.4 Å². The Morgan fingerprint density at radius 1 is 1.64 bits per heavy atom. The quantitative estimate of drug-likeness (QED) is 0.332. The van der Waals surface area contributed by atoms with E-state index in [4.69, 9.17) is 4.84 Å². The minimum absolute atomic E-state index is 0. The van der Waals surface area contributed by atoms with Crippen LogP contribution in [0.15, 0.2) is 36.3 Å². The zero-order chi connectivity index (χ0) is 9.52. The summed E-state index contributed by atoms with van der Waals surface area (Å²) in [7, 11) is 0. The van der Waals surface area contributed by atoms with Crippen LogP contribution >= 0.6 is 12.4 Å². The Kier molecular flexibility index (Phi) is 6.41. The number of halogens is 1. The Balaban J connectivity index is 0.00000169. The van der Waals surface area contributed by atoms with Gasteiger partial charge in [0.1, 0.15) is 6.61 Å². The van der Waals surface area contributed by atoms with Crippen LogP contribution < -0.4 is 0 Å². The van der Waals surface area contributed by atoms with Crippen LogP contribution in [0.25, 0.3) is 0 Å². The summed E-state index contributed by atoms with van der Waals surface area (Å²) in [6.07, 6.45) is 6.83. The van der Waals surface area contributed by atoms with E-state index in [1.165, 1.54) is 0 Å². The molecule has 0 bridgehead atoms. The molecule has 1 aromatic rings. The number of hydrogen-bond donors (Lipinski definition) is 0. The van der Waals surface area contributed by atoms with Crippen LogP contribution in [0, 0.1) is 6.92 Å². The summed E-state index contributed by atoms with van der Waals surface area (Å²) >= 11 is 0. The Morgan fingerprint density at radius 2 is 2.43 bits per heavy atom. The Hall–Kier alpha value is -1.35. The maximum Gasteiger partial charge on any atom is 0.135 e. The van der Waals surface area contributed by atoms with Crippen LogP contribution in [0.1, 0.15) is 11.1 Å². The van der Waals surface area contributed by atoms with Crippen molar-refractivity contribution in [2.75, 3.05) is 6.61 Å². The van der Waals surface area contributed by atoms with Gasteiger partial charge < -0.3 is 4.84 Å². The summed E-state index contributed by atoms with van der Waals surface area (Å²) in [6.45, 7) is 5.92. The number of oxime groups is 1. The van der Waals surface area contributed by atoms with Gasteiger partial charge in [-0.1, -0.05) is 17.8 Å². The first-order valence-corrected chi connectivity index (χ1v) is 4.01. The minimum Gasteiger partial charge on any atom is -0.392 e. The van der Waals surface area contributed by atoms with Crippen molar-refractivity contribution >= 4 is 18.6 Å². The summed E-state index contributed by atoms with van der Waals surface area (Å²) in [5, 5.41) is 3.77. The standard InChI is InChI=1S/C10H12N2O.ClH/c1-3-6-13-12-8-10-4-5-11-7-9(10)2;/h3-5,7-8H,1,6H2,2H3;1H/b12-8+;. The molecular weight excluding hydrogens is 200 g/mol. The van der Waals surface area contributed by atoms with Crippen LogP contribution in [-0.4, -0.2) is 17.8 Å². The first kappa shape index (κ1) is 12.7. The lowest BCUT2D eigenvalue weighted by Crippen LogP contribution is -1.89. The van der Waals surface area contributed by atoms with Gasteiger partial charge in [0, 0.05) is 18.0 Å². The predicted octanol–water partition coefficient (Wildman–Crippen LogP) is 2.35. The van der Waals surface area contributed by atoms with Gasteiger partial charge in [0.05, 0.1) is 6.21 Å². The molecule has 0 saturated heterocycles. The molecule has 0 saturated carbocycles. The van der Waals surface area contributed by atoms with Gasteiger partial charge in [0.2, 0.25) is 0 Å². The van der Waals surface area contributed by atoms with Crippen molar-refractivity contribution in [3.8, 4) is 0 Å². The summed E-state index contributed by atoms with van der Waals surface area (Å²) < 4.78 is 0. The largest absolute Gasteiger partial charge is 0.392 e. The van der Waals surface area contributed by atoms with E-state index in [2.05, 4.69) is 16.7 Å². The van der Waals surface area contributed by atoms with E-state index in [0.717, 1.165) is 11.1 Å². The van der Waals surface area contributed by atoms with Crippen molar-refractivity contribution in [2.24, 2.45) is 5.16 Å². The second-order valence-corrected chi connectivity index (χ2v) is 2.55. The number of hydrogen-bond acceptors (Lipinski definition) is 3. The molecule has 4 heteroatoms. The van der Waals surface area contributed by atoms with Crippen LogP contribution in [-0.2, 0) is 4.84 Å². The van der Waals surface area contributed by atoms with Gasteiger partial charge in [-0.05, 0) is 18.6 Å². The lowest BCUT2D eigenvalue weighted by Gasteiger charge is -1.96. The van der Waals surface area contributed by atoms with Crippen molar-refractivity contribution in [1.82, 2.24) is 4.98 Å². The molecule has 76 valence electrons. The topological polar surface area (TPSA) is 34.5 Å². The number of aromatic nitrogens is 1. The fourth-order valence-corrected chi connectivity index (χ4v) is 0.819. The van der Waals surface area contributed by atoms with Gasteiger partial charge in [0.15, 0.2) is 0 Å². The minimum atomic E-state index is 0. The van der Waals surface area contributed by atoms with E-state index in [-0.39, 0.29) is 12.4 Å². The third-order valence-electron chi connectivity index (χ3n) is 1.52. The Labute approximate surface area is 89.9 Å². The molecule has 0 unspecified atom stereocenters. The molecule has 3 nitrogen and oxygen atoms in total. The highest BCUT2D eigenvalue weighted by molar-refractivity contribution is 5.85. The average Bonchev–Trinajstić information content (AvgIpc) is 2.15. The molecular formula is C10H13ClN2O. The molecule has 0 aromatic carbocycles. The summed E-state index contributed by atoms with van der Waals surface area (Å²) in [4.78, 5) is 8.84. The Morgan fingerprint density at radius 3 is 3.07 bits per heavy atom. The lowest BCUT2D eigenvalue weighted by atomic mass is 10.2. The molecule has 1 heterocycles. The maximum atomic E-state index is 4.87. The molecule has 14 heavy (non-hydrogen) atoms. The van der Waals surface area contributed by atoms with E-state index < -0.39 is 0 Å². The molecule has 0 fully saturated rings. The highest BCUT2D eigenvalue weighted by atomic mass is 35.5. The van der Waals surface area contributed by atoms with Crippen LogP contribution in [0.2, 0.25) is 0 Å². The SMILES string of the molecule is C=CCO/N=C/c1ccncc1C.Cl. The highest BCUT2D eigenvalue weighted by Gasteiger charge is 1.91. The van der Waals surface area contributed by atoms with Crippen molar-refractivity contribution in [1.29, 1.82) is 0 Å². The van der Waals surface area contributed by atoms with E-state index >= 15 is 0 Å². The summed E-state index contributed by atoms with van der Waals surface area (Å²) in [6, 6.07) is 1.89. The second kappa shape index (κ2) is 7.09. The molecule has 0 aliphatic heterocycles. The molecule has 0 radical (unpaired) electrons. The normalized spacial score (nSPS) is 9.50. The Bertz CT molecular complexity index is 313. The number of pyridine rings is 1. The molecule has 0 aliphatic carbocycles. The summed E-state index contributed by atoms with van der Waals surface area (Å²) in [5.74, 6) is 0. The maximum absolute atomic E-state index is 4.87. The van der Waals surface area contributed by atoms with Gasteiger partial charge in [-0.3, -0.25) is 4.98 Å². The molecule has 0 atom stereocenters. The van der Waals surface area contributed by atoms with E-state index in [1.807, 2.05) is 13.0 Å². The van der Waals surface area contributed by atoms with Crippen molar-refractivity contribution < 1.29 is 4.84 Å². The zero-order valence-corrected chi connectivity index (χ0v) is 8.83. The molecule has 0 N–H and O–H groups in total. The fourth-order valence-electron chi connectivity index (χ4n) is 0.819. The predicted molar refractivity (Wildman–Crippen MR) is 60.0 cm³/mol. The lowest BCUT2D eigenvalue weighted by molar-refractivity contribution is 0.176. The van der Waals surface area contributed by atoms with Gasteiger partial charge in [-0.2, -0.15) is 0 Å². The van der Waals surface area contributed by atoms with Gasteiger partial charge >= 0.3 is 0 Å². The van der Waals surface area contributed by atoms with Gasteiger partial charge in [0.25, 0.3) is 0 Å². The van der Waals surface area contributed by atoms with Crippen molar-refractivity contribution in [3.05, 3.63) is 42.2 Å². The molecule has 0 amide bonds. The molecule has 1 aromatic heterocycles. The van der Waals surface area contributed by atoms with Crippen molar-refractivity contribution in [3.63, 3.8) is 0 Å². The van der Waals surface area contributed by atoms with Gasteiger partial charge in [-0.25, -0.2) is 0 Å².